The molecular weight excluding hydrogens is 364 g/mol. The van der Waals surface area contributed by atoms with Crippen molar-refractivity contribution in [2.75, 3.05) is 13.7 Å². The summed E-state index contributed by atoms with van der Waals surface area (Å²) in [5.41, 5.74) is 1.77. The summed E-state index contributed by atoms with van der Waals surface area (Å²) in [7, 11) is 1.56. The Hall–Kier alpha value is -2.80. The number of benzene rings is 1. The number of thioether (sulfide) groups is 1. The standard InChI is InChI=1S/C20H20N2O4S/c1-3-10-22-19(23)18(27-20(22)24)12-15-4-5-16(17(11-15)25-2)26-13-14-6-8-21-9-7-14/h4-9,11-12H,3,10,13H2,1-2H3/b18-12+. The van der Waals surface area contributed by atoms with Gasteiger partial charge in [0.15, 0.2) is 11.5 Å². The van der Waals surface area contributed by atoms with Crippen molar-refractivity contribution in [3.63, 3.8) is 0 Å². The van der Waals surface area contributed by atoms with Crippen molar-refractivity contribution in [1.29, 1.82) is 0 Å². The molecule has 2 aromatic rings. The molecule has 2 amide bonds. The van der Waals surface area contributed by atoms with Crippen molar-refractivity contribution in [3.8, 4) is 11.5 Å². The van der Waals surface area contributed by atoms with Gasteiger partial charge in [-0.1, -0.05) is 13.0 Å². The fraction of sp³-hybridized carbons (Fsp3) is 0.250. The predicted octanol–water partition coefficient (Wildman–Crippen LogP) is 4.12. The number of amides is 2. The summed E-state index contributed by atoms with van der Waals surface area (Å²) in [6.45, 7) is 2.77. The van der Waals surface area contributed by atoms with E-state index in [-0.39, 0.29) is 11.1 Å². The van der Waals surface area contributed by atoms with E-state index in [0.717, 1.165) is 29.3 Å². The summed E-state index contributed by atoms with van der Waals surface area (Å²) in [5.74, 6) is 0.917. The van der Waals surface area contributed by atoms with E-state index in [9.17, 15) is 9.59 Å². The molecule has 7 heteroatoms. The molecule has 3 rings (SSSR count). The molecule has 1 aromatic heterocycles. The molecule has 0 saturated carbocycles. The second kappa shape index (κ2) is 8.73. The molecule has 1 aliphatic heterocycles. The number of hydrogen-bond acceptors (Lipinski definition) is 6. The SMILES string of the molecule is CCCN1C(=O)S/C(=C/c2ccc(OCc3ccncc3)c(OC)c2)C1=O. The van der Waals surface area contributed by atoms with Crippen LogP contribution in [0.2, 0.25) is 0 Å². The molecular formula is C20H20N2O4S. The summed E-state index contributed by atoms with van der Waals surface area (Å²) in [4.78, 5) is 30.0. The van der Waals surface area contributed by atoms with Crippen molar-refractivity contribution < 1.29 is 19.1 Å². The maximum absolute atomic E-state index is 12.3. The molecule has 0 aliphatic carbocycles. The second-order valence-electron chi connectivity index (χ2n) is 5.89. The number of nitrogens with zero attached hydrogens (tertiary/aromatic N) is 2. The van der Waals surface area contributed by atoms with Crippen LogP contribution < -0.4 is 9.47 Å². The number of rotatable bonds is 7. The minimum atomic E-state index is -0.246. The van der Waals surface area contributed by atoms with Gasteiger partial charge in [0.1, 0.15) is 6.61 Å². The fourth-order valence-corrected chi connectivity index (χ4v) is 3.47. The molecule has 0 spiro atoms. The van der Waals surface area contributed by atoms with Gasteiger partial charge in [-0.15, -0.1) is 0 Å². The molecule has 6 nitrogen and oxygen atoms in total. The molecule has 0 unspecified atom stereocenters. The quantitative estimate of drug-likeness (QED) is 0.669. The van der Waals surface area contributed by atoms with Crippen LogP contribution in [0, 0.1) is 0 Å². The van der Waals surface area contributed by atoms with Gasteiger partial charge in [0.2, 0.25) is 0 Å². The molecule has 1 saturated heterocycles. The minimum absolute atomic E-state index is 0.225. The van der Waals surface area contributed by atoms with Crippen LogP contribution in [0.15, 0.2) is 47.6 Å². The third-order valence-corrected chi connectivity index (χ3v) is 4.86. The van der Waals surface area contributed by atoms with E-state index in [1.807, 2.05) is 25.1 Å². The monoisotopic (exact) mass is 384 g/mol. The summed E-state index contributed by atoms with van der Waals surface area (Å²) in [6, 6.07) is 9.18. The highest BCUT2D eigenvalue weighted by molar-refractivity contribution is 8.18. The number of ether oxygens (including phenoxy) is 2. The van der Waals surface area contributed by atoms with E-state index in [1.165, 1.54) is 4.90 Å². The normalized spacial score (nSPS) is 15.5. The Morgan fingerprint density at radius 1 is 1.15 bits per heavy atom. The van der Waals surface area contributed by atoms with Crippen molar-refractivity contribution >= 4 is 29.0 Å². The lowest BCUT2D eigenvalue weighted by Gasteiger charge is -2.11. The zero-order valence-electron chi connectivity index (χ0n) is 15.2. The molecule has 0 N–H and O–H groups in total. The van der Waals surface area contributed by atoms with Crippen molar-refractivity contribution in [2.24, 2.45) is 0 Å². The zero-order chi connectivity index (χ0) is 19.2. The molecule has 27 heavy (non-hydrogen) atoms. The van der Waals surface area contributed by atoms with Crippen LogP contribution in [-0.4, -0.2) is 34.7 Å². The maximum Gasteiger partial charge on any atom is 0.293 e. The number of imide groups is 1. The number of hydrogen-bond donors (Lipinski definition) is 0. The van der Waals surface area contributed by atoms with Crippen LogP contribution in [0.1, 0.15) is 24.5 Å². The Morgan fingerprint density at radius 3 is 2.63 bits per heavy atom. The molecule has 0 radical (unpaired) electrons. The average molecular weight is 384 g/mol. The van der Waals surface area contributed by atoms with Crippen LogP contribution in [0.3, 0.4) is 0 Å². The lowest BCUT2D eigenvalue weighted by atomic mass is 10.2. The van der Waals surface area contributed by atoms with Gasteiger partial charge in [0, 0.05) is 18.9 Å². The molecule has 1 aromatic carbocycles. The van der Waals surface area contributed by atoms with Crippen LogP contribution in [0.25, 0.3) is 6.08 Å². The Balaban J connectivity index is 1.76. The van der Waals surface area contributed by atoms with Crippen LogP contribution in [0.5, 0.6) is 11.5 Å². The van der Waals surface area contributed by atoms with Gasteiger partial charge in [-0.25, -0.2) is 0 Å². The van der Waals surface area contributed by atoms with Crippen LogP contribution in [0.4, 0.5) is 4.79 Å². The van der Waals surface area contributed by atoms with Gasteiger partial charge in [-0.2, -0.15) is 0 Å². The first-order valence-corrected chi connectivity index (χ1v) is 9.39. The first-order chi connectivity index (χ1) is 13.1. The van der Waals surface area contributed by atoms with Crippen molar-refractivity contribution in [1.82, 2.24) is 9.88 Å². The van der Waals surface area contributed by atoms with Gasteiger partial charge in [-0.05, 0) is 59.7 Å². The predicted molar refractivity (Wildman–Crippen MR) is 105 cm³/mol. The van der Waals surface area contributed by atoms with E-state index in [1.54, 1.807) is 37.7 Å². The Labute approximate surface area is 162 Å². The van der Waals surface area contributed by atoms with Crippen LogP contribution in [-0.2, 0) is 11.4 Å². The van der Waals surface area contributed by atoms with E-state index in [0.29, 0.717) is 29.6 Å². The smallest absolute Gasteiger partial charge is 0.293 e. The first kappa shape index (κ1) is 19.0. The number of methoxy groups -OCH3 is 1. The number of aromatic nitrogens is 1. The summed E-state index contributed by atoms with van der Waals surface area (Å²) < 4.78 is 11.2. The topological polar surface area (TPSA) is 68.7 Å². The molecule has 2 heterocycles. The number of pyridine rings is 1. The average Bonchev–Trinajstić information content (AvgIpc) is 2.95. The molecule has 1 fully saturated rings. The molecule has 1 aliphatic rings. The summed E-state index contributed by atoms with van der Waals surface area (Å²) in [5, 5.41) is -0.225. The number of carbonyl (C=O) groups excluding carboxylic acids is 2. The largest absolute Gasteiger partial charge is 0.493 e. The summed E-state index contributed by atoms with van der Waals surface area (Å²) >= 11 is 0.962. The second-order valence-corrected chi connectivity index (χ2v) is 6.88. The highest BCUT2D eigenvalue weighted by atomic mass is 32.2. The van der Waals surface area contributed by atoms with E-state index in [2.05, 4.69) is 4.98 Å². The highest BCUT2D eigenvalue weighted by Gasteiger charge is 2.34. The van der Waals surface area contributed by atoms with Gasteiger partial charge in [-0.3, -0.25) is 19.5 Å². The maximum atomic E-state index is 12.3. The number of carbonyl (C=O) groups is 2. The highest BCUT2D eigenvalue weighted by Crippen LogP contribution is 2.34. The minimum Gasteiger partial charge on any atom is -0.493 e. The Morgan fingerprint density at radius 2 is 1.93 bits per heavy atom. The third kappa shape index (κ3) is 4.49. The molecule has 0 bridgehead atoms. The van der Waals surface area contributed by atoms with E-state index >= 15 is 0 Å². The third-order valence-electron chi connectivity index (χ3n) is 3.95. The summed E-state index contributed by atoms with van der Waals surface area (Å²) in [6.07, 6.45) is 5.87. The van der Waals surface area contributed by atoms with Crippen LogP contribution >= 0.6 is 11.8 Å². The van der Waals surface area contributed by atoms with E-state index in [4.69, 9.17) is 9.47 Å². The van der Waals surface area contributed by atoms with Gasteiger partial charge in [0.25, 0.3) is 11.1 Å². The fourth-order valence-electron chi connectivity index (χ4n) is 2.60. The lowest BCUT2D eigenvalue weighted by Crippen LogP contribution is -2.28. The first-order valence-electron chi connectivity index (χ1n) is 8.57. The zero-order valence-corrected chi connectivity index (χ0v) is 16.0. The Kier molecular flexibility index (Phi) is 6.13. The lowest BCUT2D eigenvalue weighted by molar-refractivity contribution is -0.122. The molecule has 140 valence electrons. The molecule has 0 atom stereocenters. The van der Waals surface area contributed by atoms with Gasteiger partial charge >= 0.3 is 0 Å². The van der Waals surface area contributed by atoms with E-state index < -0.39 is 0 Å². The van der Waals surface area contributed by atoms with Gasteiger partial charge < -0.3 is 9.47 Å². The van der Waals surface area contributed by atoms with Crippen molar-refractivity contribution in [2.45, 2.75) is 20.0 Å². The Bertz CT molecular complexity index is 868. The van der Waals surface area contributed by atoms with Crippen molar-refractivity contribution in [3.05, 3.63) is 58.8 Å². The van der Waals surface area contributed by atoms with Gasteiger partial charge in [0.05, 0.1) is 12.0 Å².